The van der Waals surface area contributed by atoms with Gasteiger partial charge in [0.15, 0.2) is 0 Å². The molecule has 0 bridgehead atoms. The van der Waals surface area contributed by atoms with Crippen molar-refractivity contribution in [3.05, 3.63) is 96.1 Å². The lowest BCUT2D eigenvalue weighted by molar-refractivity contribution is -0.139. The largest absolute Gasteiger partial charge is 0.495 e. The van der Waals surface area contributed by atoms with Crippen LogP contribution in [0.5, 0.6) is 5.75 Å². The second-order valence-electron chi connectivity index (χ2n) is 11.0. The predicted molar refractivity (Wildman–Crippen MR) is 156 cm³/mol. The van der Waals surface area contributed by atoms with Crippen molar-refractivity contribution < 1.29 is 14.3 Å². The van der Waals surface area contributed by atoms with Crippen LogP contribution in [0.1, 0.15) is 23.6 Å². The minimum absolute atomic E-state index is 0.143. The van der Waals surface area contributed by atoms with Gasteiger partial charge in [0.2, 0.25) is 11.8 Å². The zero-order valence-corrected chi connectivity index (χ0v) is 23.2. The van der Waals surface area contributed by atoms with E-state index in [1.807, 2.05) is 28.0 Å². The van der Waals surface area contributed by atoms with E-state index in [-0.39, 0.29) is 29.7 Å². The minimum atomic E-state index is -0.162. The molecule has 0 N–H and O–H groups in total. The van der Waals surface area contributed by atoms with Gasteiger partial charge in [-0.05, 0) is 29.7 Å². The van der Waals surface area contributed by atoms with Gasteiger partial charge < -0.3 is 19.4 Å². The molecule has 6 rings (SSSR count). The van der Waals surface area contributed by atoms with E-state index in [9.17, 15) is 9.59 Å². The number of nitrogens with zero attached hydrogens (tertiary/aromatic N) is 4. The lowest BCUT2D eigenvalue weighted by Gasteiger charge is -2.40. The lowest BCUT2D eigenvalue weighted by atomic mass is 9.96. The van der Waals surface area contributed by atoms with Crippen molar-refractivity contribution in [3.8, 4) is 5.75 Å². The summed E-state index contributed by atoms with van der Waals surface area (Å²) >= 11 is 0. The van der Waals surface area contributed by atoms with Crippen LogP contribution in [-0.4, -0.2) is 86.0 Å². The normalized spacial score (nSPS) is 21.4. The molecule has 208 valence electrons. The molecule has 2 amide bonds. The molecular weight excluding hydrogens is 500 g/mol. The molecule has 2 atom stereocenters. The lowest BCUT2D eigenvalue weighted by Crippen LogP contribution is -2.51. The number of methoxy groups -OCH3 is 1. The predicted octanol–water partition coefficient (Wildman–Crippen LogP) is 3.91. The number of hydrogen-bond acceptors (Lipinski definition) is 5. The third kappa shape index (κ3) is 5.43. The van der Waals surface area contributed by atoms with Crippen LogP contribution in [-0.2, 0) is 9.59 Å². The van der Waals surface area contributed by atoms with E-state index >= 15 is 0 Å². The van der Waals surface area contributed by atoms with E-state index in [4.69, 9.17) is 4.74 Å². The summed E-state index contributed by atoms with van der Waals surface area (Å²) in [4.78, 5) is 35.4. The molecule has 0 aromatic heterocycles. The first kappa shape index (κ1) is 26.4. The van der Waals surface area contributed by atoms with Crippen LogP contribution in [0.15, 0.2) is 84.9 Å². The third-order valence-electron chi connectivity index (χ3n) is 8.66. The van der Waals surface area contributed by atoms with Gasteiger partial charge in [-0.25, -0.2) is 0 Å². The molecule has 2 heterocycles. The Morgan fingerprint density at radius 3 is 1.65 bits per heavy atom. The van der Waals surface area contributed by atoms with Gasteiger partial charge >= 0.3 is 0 Å². The van der Waals surface area contributed by atoms with Gasteiger partial charge in [0, 0.05) is 52.4 Å². The number of carbonyl (C=O) groups excluding carboxylic acids is 2. The first-order chi connectivity index (χ1) is 19.6. The summed E-state index contributed by atoms with van der Waals surface area (Å²) in [5.41, 5.74) is 3.61. The number of amides is 2. The van der Waals surface area contributed by atoms with E-state index in [0.717, 1.165) is 37.6 Å². The minimum Gasteiger partial charge on any atom is -0.495 e. The zero-order valence-electron chi connectivity index (χ0n) is 23.2. The van der Waals surface area contributed by atoms with Crippen molar-refractivity contribution in [2.24, 2.45) is 11.8 Å². The summed E-state index contributed by atoms with van der Waals surface area (Å²) in [6.07, 6.45) is 0.682. The average Bonchev–Trinajstić information content (AvgIpc) is 3.83. The van der Waals surface area contributed by atoms with Gasteiger partial charge in [-0.3, -0.25) is 14.5 Å². The molecule has 3 aromatic rings. The Labute approximate surface area is 236 Å². The fraction of sp³-hybridized carbons (Fsp3) is 0.394. The molecule has 3 aliphatic rings. The Hall–Kier alpha value is -3.84. The summed E-state index contributed by atoms with van der Waals surface area (Å²) < 4.78 is 5.52. The number of anilines is 1. The molecule has 7 heteroatoms. The monoisotopic (exact) mass is 538 g/mol. The topological polar surface area (TPSA) is 56.3 Å². The van der Waals surface area contributed by atoms with Crippen molar-refractivity contribution in [1.29, 1.82) is 0 Å². The van der Waals surface area contributed by atoms with Crippen LogP contribution in [0.3, 0.4) is 0 Å². The average molecular weight is 539 g/mol. The van der Waals surface area contributed by atoms with Crippen LogP contribution in [0.2, 0.25) is 0 Å². The molecule has 2 saturated heterocycles. The highest BCUT2D eigenvalue weighted by atomic mass is 16.5. The number of piperazine rings is 2. The highest BCUT2D eigenvalue weighted by Gasteiger charge is 2.51. The van der Waals surface area contributed by atoms with Gasteiger partial charge in [-0.15, -0.1) is 0 Å². The second kappa shape index (κ2) is 11.7. The third-order valence-corrected chi connectivity index (χ3v) is 8.66. The highest BCUT2D eigenvalue weighted by Crippen LogP contribution is 2.42. The number of para-hydroxylation sites is 2. The van der Waals surface area contributed by atoms with E-state index in [2.05, 4.69) is 76.5 Å². The molecule has 1 aliphatic carbocycles. The maximum atomic E-state index is 13.4. The quantitative estimate of drug-likeness (QED) is 0.457. The van der Waals surface area contributed by atoms with Gasteiger partial charge in [0.1, 0.15) is 5.75 Å². The molecule has 3 fully saturated rings. The van der Waals surface area contributed by atoms with E-state index < -0.39 is 0 Å². The van der Waals surface area contributed by atoms with Gasteiger partial charge in [-0.1, -0.05) is 72.8 Å². The molecule has 40 heavy (non-hydrogen) atoms. The van der Waals surface area contributed by atoms with Crippen molar-refractivity contribution in [1.82, 2.24) is 14.7 Å². The maximum absolute atomic E-state index is 13.4. The number of rotatable bonds is 7. The van der Waals surface area contributed by atoms with Crippen LogP contribution < -0.4 is 9.64 Å². The maximum Gasteiger partial charge on any atom is 0.226 e. The number of benzene rings is 3. The number of ether oxygens (including phenoxy) is 1. The SMILES string of the molecule is COc1ccccc1N1CCN(C(=O)C2CC2C(=O)N2CCN(C(c3ccccc3)c3ccccc3)CC2)CC1. The summed E-state index contributed by atoms with van der Waals surface area (Å²) in [6.45, 7) is 5.91. The Kier molecular flexibility index (Phi) is 7.73. The molecule has 7 nitrogen and oxygen atoms in total. The van der Waals surface area contributed by atoms with Crippen LogP contribution >= 0.6 is 0 Å². The Morgan fingerprint density at radius 1 is 0.650 bits per heavy atom. The van der Waals surface area contributed by atoms with Crippen molar-refractivity contribution in [2.45, 2.75) is 12.5 Å². The summed E-state index contributed by atoms with van der Waals surface area (Å²) in [5, 5.41) is 0. The first-order valence-corrected chi connectivity index (χ1v) is 14.4. The first-order valence-electron chi connectivity index (χ1n) is 14.4. The molecular formula is C33H38N4O3. The number of hydrogen-bond donors (Lipinski definition) is 0. The number of carbonyl (C=O) groups is 2. The Morgan fingerprint density at radius 2 is 1.12 bits per heavy atom. The van der Waals surface area contributed by atoms with Crippen molar-refractivity contribution in [3.63, 3.8) is 0 Å². The van der Waals surface area contributed by atoms with Crippen LogP contribution in [0.25, 0.3) is 0 Å². The summed E-state index contributed by atoms with van der Waals surface area (Å²) in [6, 6.07) is 29.4. The van der Waals surface area contributed by atoms with Crippen LogP contribution in [0.4, 0.5) is 5.69 Å². The van der Waals surface area contributed by atoms with E-state index in [1.54, 1.807) is 7.11 Å². The standard InChI is InChI=1S/C33H38N4O3/c1-40-30-15-9-8-14-29(30)34-16-20-36(21-17-34)32(38)27-24-28(27)33(39)37-22-18-35(19-23-37)31(25-10-4-2-5-11-25)26-12-6-3-7-13-26/h2-15,27-28,31H,16-24H2,1H3. The Balaban J connectivity index is 1.02. The van der Waals surface area contributed by atoms with Crippen molar-refractivity contribution in [2.75, 3.05) is 64.4 Å². The molecule has 3 aromatic carbocycles. The van der Waals surface area contributed by atoms with Gasteiger partial charge in [0.05, 0.1) is 30.7 Å². The Bertz CT molecular complexity index is 1260. The van der Waals surface area contributed by atoms with E-state index in [0.29, 0.717) is 32.6 Å². The molecule has 0 spiro atoms. The zero-order chi connectivity index (χ0) is 27.5. The van der Waals surface area contributed by atoms with Crippen LogP contribution in [0, 0.1) is 11.8 Å². The van der Waals surface area contributed by atoms with Gasteiger partial charge in [0.25, 0.3) is 0 Å². The fourth-order valence-corrected chi connectivity index (χ4v) is 6.35. The van der Waals surface area contributed by atoms with Gasteiger partial charge in [-0.2, -0.15) is 0 Å². The van der Waals surface area contributed by atoms with E-state index in [1.165, 1.54) is 11.1 Å². The molecule has 2 aliphatic heterocycles. The molecule has 1 saturated carbocycles. The highest BCUT2D eigenvalue weighted by molar-refractivity contribution is 5.92. The smallest absolute Gasteiger partial charge is 0.226 e. The fourth-order valence-electron chi connectivity index (χ4n) is 6.35. The summed E-state index contributed by atoms with van der Waals surface area (Å²) in [5.74, 6) is 0.829. The second-order valence-corrected chi connectivity index (χ2v) is 11.0. The summed E-state index contributed by atoms with van der Waals surface area (Å²) in [7, 11) is 1.69. The van der Waals surface area contributed by atoms with Crippen molar-refractivity contribution >= 4 is 17.5 Å². The molecule has 0 radical (unpaired) electrons. The molecule has 2 unspecified atom stereocenters.